The summed E-state index contributed by atoms with van der Waals surface area (Å²) in [5, 5.41) is 6.86. The maximum absolute atomic E-state index is 3.47. The quantitative estimate of drug-likeness (QED) is 0.720. The Morgan fingerprint density at radius 1 is 1.40 bits per heavy atom. The summed E-state index contributed by atoms with van der Waals surface area (Å²) in [6.07, 6.45) is 3.71. The van der Waals surface area contributed by atoms with Gasteiger partial charge in [-0.15, -0.1) is 0 Å². The van der Waals surface area contributed by atoms with E-state index in [1.54, 1.807) is 0 Å². The van der Waals surface area contributed by atoms with E-state index < -0.39 is 0 Å². The van der Waals surface area contributed by atoms with Crippen LogP contribution in [-0.2, 0) is 13.0 Å². The number of nitrogens with one attached hydrogen (secondary N) is 2. The molecular formula is C13H20N2. The lowest BCUT2D eigenvalue weighted by Gasteiger charge is -2.06. The second-order valence-corrected chi connectivity index (χ2v) is 4.20. The monoisotopic (exact) mass is 204 g/mol. The zero-order chi connectivity index (χ0) is 10.5. The number of anilines is 1. The molecule has 2 heteroatoms. The summed E-state index contributed by atoms with van der Waals surface area (Å²) in [7, 11) is 0. The van der Waals surface area contributed by atoms with Gasteiger partial charge in [0.2, 0.25) is 0 Å². The first-order chi connectivity index (χ1) is 7.40. The fourth-order valence-corrected chi connectivity index (χ4v) is 2.00. The highest BCUT2D eigenvalue weighted by Crippen LogP contribution is 2.22. The molecule has 82 valence electrons. The molecule has 0 saturated carbocycles. The molecule has 1 aromatic rings. The average molecular weight is 204 g/mol. The third-order valence-electron chi connectivity index (χ3n) is 2.92. The van der Waals surface area contributed by atoms with E-state index in [9.17, 15) is 0 Å². The molecule has 0 aromatic heterocycles. The largest absolute Gasteiger partial charge is 0.384 e. The molecular weight excluding hydrogens is 184 g/mol. The van der Waals surface area contributed by atoms with Crippen LogP contribution >= 0.6 is 0 Å². The molecule has 0 fully saturated rings. The molecule has 0 spiro atoms. The summed E-state index contributed by atoms with van der Waals surface area (Å²) in [6.45, 7) is 5.46. The molecule has 0 amide bonds. The van der Waals surface area contributed by atoms with E-state index in [1.165, 1.54) is 36.1 Å². The molecule has 1 aromatic carbocycles. The number of benzene rings is 1. The van der Waals surface area contributed by atoms with Crippen LogP contribution in [0.4, 0.5) is 5.69 Å². The van der Waals surface area contributed by atoms with Crippen molar-refractivity contribution < 1.29 is 0 Å². The summed E-state index contributed by atoms with van der Waals surface area (Å²) in [6, 6.07) is 6.75. The minimum Gasteiger partial charge on any atom is -0.384 e. The fourth-order valence-electron chi connectivity index (χ4n) is 2.00. The minimum atomic E-state index is 1.01. The first-order valence-electron chi connectivity index (χ1n) is 5.96. The maximum atomic E-state index is 3.47. The molecule has 1 heterocycles. The molecule has 2 rings (SSSR count). The topological polar surface area (TPSA) is 24.1 Å². The molecule has 0 aliphatic carbocycles. The van der Waals surface area contributed by atoms with Gasteiger partial charge >= 0.3 is 0 Å². The summed E-state index contributed by atoms with van der Waals surface area (Å²) in [5.41, 5.74) is 4.21. The van der Waals surface area contributed by atoms with Crippen LogP contribution < -0.4 is 10.6 Å². The van der Waals surface area contributed by atoms with E-state index in [-0.39, 0.29) is 0 Å². The van der Waals surface area contributed by atoms with Crippen LogP contribution in [0.2, 0.25) is 0 Å². The van der Waals surface area contributed by atoms with Crippen LogP contribution in [-0.4, -0.2) is 13.1 Å². The van der Waals surface area contributed by atoms with Crippen LogP contribution in [0.1, 0.15) is 30.9 Å². The standard InChI is InChI=1S/C13H20N2/c1-2-3-7-14-10-11-4-5-13-12(9-11)6-8-15-13/h4-5,9,14-15H,2-3,6-8,10H2,1H3. The summed E-state index contributed by atoms with van der Waals surface area (Å²) in [5.74, 6) is 0. The van der Waals surface area contributed by atoms with Crippen LogP contribution in [0.3, 0.4) is 0 Å². The molecule has 2 nitrogen and oxygen atoms in total. The van der Waals surface area contributed by atoms with E-state index in [1.807, 2.05) is 0 Å². The second-order valence-electron chi connectivity index (χ2n) is 4.20. The van der Waals surface area contributed by atoms with Crippen LogP contribution in [0.25, 0.3) is 0 Å². The number of hydrogen-bond donors (Lipinski definition) is 2. The average Bonchev–Trinajstić information content (AvgIpc) is 2.71. The highest BCUT2D eigenvalue weighted by molar-refractivity contribution is 5.56. The van der Waals surface area contributed by atoms with Crippen molar-refractivity contribution in [3.8, 4) is 0 Å². The van der Waals surface area contributed by atoms with Crippen molar-refractivity contribution in [3.05, 3.63) is 29.3 Å². The number of fused-ring (bicyclic) bond motifs is 1. The highest BCUT2D eigenvalue weighted by atomic mass is 14.9. The Morgan fingerprint density at radius 3 is 3.20 bits per heavy atom. The van der Waals surface area contributed by atoms with Gasteiger partial charge in [0, 0.05) is 18.8 Å². The first-order valence-corrected chi connectivity index (χ1v) is 5.96. The summed E-state index contributed by atoms with van der Waals surface area (Å²) in [4.78, 5) is 0. The fraction of sp³-hybridized carbons (Fsp3) is 0.538. The van der Waals surface area contributed by atoms with Crippen molar-refractivity contribution in [1.29, 1.82) is 0 Å². The highest BCUT2D eigenvalue weighted by Gasteiger charge is 2.09. The van der Waals surface area contributed by atoms with Crippen molar-refractivity contribution in [2.24, 2.45) is 0 Å². The molecule has 0 saturated heterocycles. The lowest BCUT2D eigenvalue weighted by atomic mass is 10.1. The Kier molecular flexibility index (Phi) is 3.62. The van der Waals surface area contributed by atoms with E-state index in [0.717, 1.165) is 19.6 Å². The smallest absolute Gasteiger partial charge is 0.0373 e. The van der Waals surface area contributed by atoms with Gasteiger partial charge in [-0.3, -0.25) is 0 Å². The normalized spacial score (nSPS) is 13.7. The maximum Gasteiger partial charge on any atom is 0.0373 e. The number of rotatable bonds is 5. The minimum absolute atomic E-state index is 1.01. The van der Waals surface area contributed by atoms with Gasteiger partial charge in [0.25, 0.3) is 0 Å². The second kappa shape index (κ2) is 5.17. The Balaban J connectivity index is 1.87. The molecule has 1 aliphatic heterocycles. The SMILES string of the molecule is CCCCNCc1ccc2c(c1)CCN2. The van der Waals surface area contributed by atoms with Crippen LogP contribution in [0.5, 0.6) is 0 Å². The Bertz CT molecular complexity index is 320. The van der Waals surface area contributed by atoms with E-state index in [2.05, 4.69) is 35.8 Å². The van der Waals surface area contributed by atoms with Gasteiger partial charge in [0.05, 0.1) is 0 Å². The first kappa shape index (κ1) is 10.5. The van der Waals surface area contributed by atoms with Crippen LogP contribution in [0, 0.1) is 0 Å². The zero-order valence-corrected chi connectivity index (χ0v) is 9.47. The van der Waals surface area contributed by atoms with Gasteiger partial charge in [0.1, 0.15) is 0 Å². The van der Waals surface area contributed by atoms with Gasteiger partial charge in [0.15, 0.2) is 0 Å². The van der Waals surface area contributed by atoms with E-state index in [4.69, 9.17) is 0 Å². The van der Waals surface area contributed by atoms with Crippen molar-refractivity contribution in [3.63, 3.8) is 0 Å². The lowest BCUT2D eigenvalue weighted by molar-refractivity contribution is 0.641. The van der Waals surface area contributed by atoms with Crippen LogP contribution in [0.15, 0.2) is 18.2 Å². The molecule has 0 atom stereocenters. The van der Waals surface area contributed by atoms with E-state index >= 15 is 0 Å². The van der Waals surface area contributed by atoms with Gasteiger partial charge < -0.3 is 10.6 Å². The number of unbranched alkanes of at least 4 members (excludes halogenated alkanes) is 1. The predicted molar refractivity (Wildman–Crippen MR) is 65.3 cm³/mol. The Morgan fingerprint density at radius 2 is 2.33 bits per heavy atom. The summed E-state index contributed by atoms with van der Waals surface area (Å²) >= 11 is 0. The molecule has 0 bridgehead atoms. The van der Waals surface area contributed by atoms with Crippen molar-refractivity contribution >= 4 is 5.69 Å². The third-order valence-corrected chi connectivity index (χ3v) is 2.92. The van der Waals surface area contributed by atoms with Crippen molar-refractivity contribution in [2.45, 2.75) is 32.7 Å². The van der Waals surface area contributed by atoms with Crippen molar-refractivity contribution in [2.75, 3.05) is 18.4 Å². The van der Waals surface area contributed by atoms with Gasteiger partial charge in [-0.25, -0.2) is 0 Å². The predicted octanol–water partition coefficient (Wildman–Crippen LogP) is 2.54. The van der Waals surface area contributed by atoms with Gasteiger partial charge in [-0.2, -0.15) is 0 Å². The van der Waals surface area contributed by atoms with Gasteiger partial charge in [-0.1, -0.05) is 25.5 Å². The lowest BCUT2D eigenvalue weighted by Crippen LogP contribution is -2.14. The molecule has 0 unspecified atom stereocenters. The summed E-state index contributed by atoms with van der Waals surface area (Å²) < 4.78 is 0. The van der Waals surface area contributed by atoms with Crippen molar-refractivity contribution in [1.82, 2.24) is 5.32 Å². The molecule has 1 aliphatic rings. The molecule has 2 N–H and O–H groups in total. The Hall–Kier alpha value is -1.02. The third kappa shape index (κ3) is 2.72. The van der Waals surface area contributed by atoms with Gasteiger partial charge in [-0.05, 0) is 36.6 Å². The number of hydrogen-bond acceptors (Lipinski definition) is 2. The Labute approximate surface area is 92.1 Å². The zero-order valence-electron chi connectivity index (χ0n) is 9.47. The molecule has 15 heavy (non-hydrogen) atoms. The van der Waals surface area contributed by atoms with E-state index in [0.29, 0.717) is 0 Å². The molecule has 0 radical (unpaired) electrons.